The van der Waals surface area contributed by atoms with E-state index in [9.17, 15) is 4.79 Å². The molecule has 1 unspecified atom stereocenters. The highest BCUT2D eigenvalue weighted by Gasteiger charge is 2.47. The molecule has 0 aliphatic carbocycles. The molecule has 5 heteroatoms. The lowest BCUT2D eigenvalue weighted by Gasteiger charge is -2.51. The van der Waals surface area contributed by atoms with Crippen molar-refractivity contribution in [2.75, 3.05) is 26.2 Å². The number of aryl methyl sites for hydroxylation is 1. The Balaban J connectivity index is 1.62. The highest BCUT2D eigenvalue weighted by molar-refractivity contribution is 5.79. The number of morpholine rings is 1. The van der Waals surface area contributed by atoms with E-state index in [-0.39, 0.29) is 24.2 Å². The molecule has 5 nitrogen and oxygen atoms in total. The second-order valence-corrected chi connectivity index (χ2v) is 6.65. The van der Waals surface area contributed by atoms with Crippen LogP contribution in [-0.2, 0) is 16.1 Å². The molecule has 3 rings (SSSR count). The first-order valence-electron chi connectivity index (χ1n) is 8.36. The zero-order valence-corrected chi connectivity index (χ0v) is 14.1. The number of furan rings is 1. The van der Waals surface area contributed by atoms with Crippen molar-refractivity contribution in [1.29, 1.82) is 0 Å². The van der Waals surface area contributed by atoms with Crippen LogP contribution in [0.4, 0.5) is 0 Å². The van der Waals surface area contributed by atoms with Gasteiger partial charge < -0.3 is 14.1 Å². The molecule has 1 spiro atoms. The summed E-state index contributed by atoms with van der Waals surface area (Å²) < 4.78 is 11.7. The van der Waals surface area contributed by atoms with Gasteiger partial charge in [-0.1, -0.05) is 6.08 Å². The highest BCUT2D eigenvalue weighted by Crippen LogP contribution is 2.36. The molecule has 0 N–H and O–H groups in total. The normalized spacial score (nSPS) is 25.0. The number of nitrogens with zero attached hydrogens (tertiary/aromatic N) is 2. The lowest BCUT2D eigenvalue weighted by atomic mass is 9.82. The smallest absolute Gasteiger partial charge is 0.249 e. The molecule has 126 valence electrons. The van der Waals surface area contributed by atoms with Crippen LogP contribution in [0.25, 0.3) is 0 Å². The SMILES string of the molecule is C=CCN1C(=O)COC2(CCN(Cc3ccc(C)o3)CC2)C1C. The Labute approximate surface area is 137 Å². The number of ether oxygens (including phenoxy) is 1. The zero-order valence-electron chi connectivity index (χ0n) is 14.1. The van der Waals surface area contributed by atoms with Gasteiger partial charge in [-0.05, 0) is 38.8 Å². The molecule has 2 aliphatic rings. The lowest BCUT2D eigenvalue weighted by Crippen LogP contribution is -2.63. The van der Waals surface area contributed by atoms with Gasteiger partial charge in [-0.2, -0.15) is 0 Å². The van der Waals surface area contributed by atoms with E-state index in [4.69, 9.17) is 9.15 Å². The molecule has 1 amide bonds. The summed E-state index contributed by atoms with van der Waals surface area (Å²) in [6.07, 6.45) is 3.67. The summed E-state index contributed by atoms with van der Waals surface area (Å²) in [4.78, 5) is 16.4. The van der Waals surface area contributed by atoms with E-state index in [1.807, 2.05) is 24.0 Å². The van der Waals surface area contributed by atoms with Gasteiger partial charge in [-0.25, -0.2) is 0 Å². The van der Waals surface area contributed by atoms with Crippen LogP contribution in [0.15, 0.2) is 29.2 Å². The zero-order chi connectivity index (χ0) is 16.4. The number of likely N-dealkylation sites (tertiary alicyclic amines) is 1. The molecule has 1 aromatic rings. The largest absolute Gasteiger partial charge is 0.465 e. The molecule has 0 aromatic carbocycles. The van der Waals surface area contributed by atoms with E-state index in [2.05, 4.69) is 18.4 Å². The highest BCUT2D eigenvalue weighted by atomic mass is 16.5. The van der Waals surface area contributed by atoms with Gasteiger partial charge in [0, 0.05) is 19.6 Å². The van der Waals surface area contributed by atoms with Gasteiger partial charge in [0.25, 0.3) is 0 Å². The average molecular weight is 318 g/mol. The summed E-state index contributed by atoms with van der Waals surface area (Å²) in [5.74, 6) is 2.03. The molecule has 1 atom stereocenters. The maximum atomic E-state index is 12.1. The number of carbonyl (C=O) groups excluding carboxylic acids is 1. The van der Waals surface area contributed by atoms with Crippen molar-refractivity contribution in [1.82, 2.24) is 9.80 Å². The van der Waals surface area contributed by atoms with E-state index in [0.717, 1.165) is 44.0 Å². The first-order chi connectivity index (χ1) is 11.0. The molecule has 0 bridgehead atoms. The van der Waals surface area contributed by atoms with Crippen molar-refractivity contribution in [3.05, 3.63) is 36.3 Å². The third kappa shape index (κ3) is 3.21. The third-order valence-corrected chi connectivity index (χ3v) is 5.24. The van der Waals surface area contributed by atoms with Crippen molar-refractivity contribution in [2.45, 2.75) is 44.9 Å². The quantitative estimate of drug-likeness (QED) is 0.800. The van der Waals surface area contributed by atoms with Crippen LogP contribution >= 0.6 is 0 Å². The molecule has 0 saturated carbocycles. The van der Waals surface area contributed by atoms with Crippen LogP contribution in [0.5, 0.6) is 0 Å². The fourth-order valence-corrected chi connectivity index (χ4v) is 3.75. The van der Waals surface area contributed by atoms with Crippen LogP contribution in [-0.4, -0.2) is 53.6 Å². The van der Waals surface area contributed by atoms with E-state index in [1.165, 1.54) is 0 Å². The van der Waals surface area contributed by atoms with Gasteiger partial charge in [0.05, 0.1) is 18.2 Å². The summed E-state index contributed by atoms with van der Waals surface area (Å²) in [6.45, 7) is 11.4. The maximum Gasteiger partial charge on any atom is 0.249 e. The van der Waals surface area contributed by atoms with Crippen LogP contribution in [0, 0.1) is 6.92 Å². The number of piperidine rings is 1. The Morgan fingerprint density at radius 3 is 2.74 bits per heavy atom. The Bertz CT molecular complexity index is 573. The van der Waals surface area contributed by atoms with Crippen molar-refractivity contribution >= 4 is 5.91 Å². The molecule has 2 fully saturated rings. The Morgan fingerprint density at radius 2 is 2.13 bits per heavy atom. The number of carbonyl (C=O) groups is 1. The van der Waals surface area contributed by atoms with Crippen molar-refractivity contribution in [3.8, 4) is 0 Å². The van der Waals surface area contributed by atoms with Crippen molar-refractivity contribution in [2.24, 2.45) is 0 Å². The molecule has 0 radical (unpaired) electrons. The third-order valence-electron chi connectivity index (χ3n) is 5.24. The van der Waals surface area contributed by atoms with E-state index >= 15 is 0 Å². The molecule has 3 heterocycles. The molecule has 2 saturated heterocycles. The lowest BCUT2D eigenvalue weighted by molar-refractivity contribution is -0.185. The van der Waals surface area contributed by atoms with Gasteiger partial charge in [-0.3, -0.25) is 9.69 Å². The van der Waals surface area contributed by atoms with Crippen LogP contribution in [0.1, 0.15) is 31.3 Å². The van der Waals surface area contributed by atoms with Crippen LogP contribution in [0.2, 0.25) is 0 Å². The number of amides is 1. The monoisotopic (exact) mass is 318 g/mol. The molecule has 23 heavy (non-hydrogen) atoms. The second-order valence-electron chi connectivity index (χ2n) is 6.65. The Morgan fingerprint density at radius 1 is 1.39 bits per heavy atom. The minimum atomic E-state index is -0.216. The van der Waals surface area contributed by atoms with Gasteiger partial charge in [-0.15, -0.1) is 6.58 Å². The molecule has 1 aromatic heterocycles. The van der Waals surface area contributed by atoms with Crippen molar-refractivity contribution in [3.63, 3.8) is 0 Å². The van der Waals surface area contributed by atoms with E-state index in [1.54, 1.807) is 6.08 Å². The molecule has 2 aliphatic heterocycles. The first-order valence-corrected chi connectivity index (χ1v) is 8.36. The first kappa shape index (κ1) is 16.3. The summed E-state index contributed by atoms with van der Waals surface area (Å²) in [5.41, 5.74) is -0.216. The van der Waals surface area contributed by atoms with Gasteiger partial charge in [0.2, 0.25) is 5.91 Å². The minimum Gasteiger partial charge on any atom is -0.465 e. The number of hydrogen-bond donors (Lipinski definition) is 0. The summed E-state index contributed by atoms with van der Waals surface area (Å²) >= 11 is 0. The van der Waals surface area contributed by atoms with E-state index < -0.39 is 0 Å². The van der Waals surface area contributed by atoms with Gasteiger partial charge in [0.1, 0.15) is 18.1 Å². The molecular formula is C18H26N2O3. The predicted molar refractivity (Wildman–Crippen MR) is 88.0 cm³/mol. The van der Waals surface area contributed by atoms with Crippen molar-refractivity contribution < 1.29 is 13.9 Å². The summed E-state index contributed by atoms with van der Waals surface area (Å²) in [5, 5.41) is 0. The second kappa shape index (κ2) is 6.49. The van der Waals surface area contributed by atoms with Crippen LogP contribution in [0.3, 0.4) is 0 Å². The summed E-state index contributed by atoms with van der Waals surface area (Å²) in [6, 6.07) is 4.14. The average Bonchev–Trinajstić information content (AvgIpc) is 2.95. The summed E-state index contributed by atoms with van der Waals surface area (Å²) in [7, 11) is 0. The molecular weight excluding hydrogens is 292 g/mol. The van der Waals surface area contributed by atoms with E-state index in [0.29, 0.717) is 6.54 Å². The Kier molecular flexibility index (Phi) is 4.60. The standard InChI is InChI=1S/C18H26N2O3/c1-4-9-20-15(3)18(22-13-17(20)21)7-10-19(11-8-18)12-16-6-5-14(2)23-16/h4-6,15H,1,7-13H2,2-3H3. The van der Waals surface area contributed by atoms with Gasteiger partial charge >= 0.3 is 0 Å². The van der Waals surface area contributed by atoms with Crippen LogP contribution < -0.4 is 0 Å². The fourth-order valence-electron chi connectivity index (χ4n) is 3.75. The topological polar surface area (TPSA) is 45.9 Å². The number of hydrogen-bond acceptors (Lipinski definition) is 4. The Hall–Kier alpha value is -1.59. The minimum absolute atomic E-state index is 0.0662. The fraction of sp³-hybridized carbons (Fsp3) is 0.611. The maximum absolute atomic E-state index is 12.1. The van der Waals surface area contributed by atoms with Gasteiger partial charge in [0.15, 0.2) is 0 Å². The number of rotatable bonds is 4. The predicted octanol–water partition coefficient (Wildman–Crippen LogP) is 2.36.